The minimum Gasteiger partial charge on any atom is -0.496 e. The summed E-state index contributed by atoms with van der Waals surface area (Å²) in [5, 5.41) is 3.19. The van der Waals surface area contributed by atoms with Crippen LogP contribution in [0.4, 0.5) is 0 Å². The Hall–Kier alpha value is -1.59. The van der Waals surface area contributed by atoms with Gasteiger partial charge in [-0.2, -0.15) is 0 Å². The number of amides is 1. The van der Waals surface area contributed by atoms with E-state index in [0.29, 0.717) is 17.4 Å². The van der Waals surface area contributed by atoms with E-state index in [1.54, 1.807) is 7.11 Å². The van der Waals surface area contributed by atoms with E-state index in [1.165, 1.54) is 0 Å². The van der Waals surface area contributed by atoms with Crippen molar-refractivity contribution in [1.82, 2.24) is 10.2 Å². The molecule has 3 rings (SSSR count). The Morgan fingerprint density at radius 2 is 1.92 bits per heavy atom. The Bertz CT molecular complexity index is 562. The maximum atomic E-state index is 12.6. The van der Waals surface area contributed by atoms with Crippen molar-refractivity contribution in [2.24, 2.45) is 0 Å². The van der Waals surface area contributed by atoms with E-state index in [-0.39, 0.29) is 11.9 Å². The normalized spacial score (nSPS) is 25.2. The van der Waals surface area contributed by atoms with Crippen LogP contribution >= 0.6 is 0 Å². The Labute approximate surface area is 144 Å². The number of nitrogens with zero attached hydrogens (tertiary/aromatic N) is 1. The van der Waals surface area contributed by atoms with E-state index in [9.17, 15) is 4.79 Å². The number of benzene rings is 1. The number of rotatable bonds is 4. The number of hydrogen-bond donors (Lipinski definition) is 1. The molecule has 0 atom stereocenters. The van der Waals surface area contributed by atoms with Crippen LogP contribution in [0.3, 0.4) is 0 Å². The molecule has 0 unspecified atom stereocenters. The smallest absolute Gasteiger partial charge is 0.255 e. The van der Waals surface area contributed by atoms with Crippen molar-refractivity contribution in [3.63, 3.8) is 0 Å². The van der Waals surface area contributed by atoms with Crippen LogP contribution < -0.4 is 10.1 Å². The number of morpholine rings is 1. The average Bonchev–Trinajstić information content (AvgIpc) is 2.63. The van der Waals surface area contributed by atoms with Crippen molar-refractivity contribution < 1.29 is 14.3 Å². The molecule has 0 bridgehead atoms. The molecule has 5 nitrogen and oxygen atoms in total. The molecule has 5 heteroatoms. The molecule has 1 amide bonds. The zero-order valence-electron chi connectivity index (χ0n) is 14.7. The van der Waals surface area contributed by atoms with Gasteiger partial charge in [0.15, 0.2) is 0 Å². The lowest BCUT2D eigenvalue weighted by molar-refractivity contribution is 0.00664. The standard InChI is InChI=1S/C19H28N2O3/c1-14-3-8-17(18(13-14)23-2)19(22)20-15-4-6-16(7-5-15)21-9-11-24-12-10-21/h3,8,13,15-16H,4-7,9-12H2,1-2H3,(H,20,22)/t15-,16-. The second-order valence-electron chi connectivity index (χ2n) is 6.83. The fraction of sp³-hybridized carbons (Fsp3) is 0.632. The number of carbonyl (C=O) groups excluding carboxylic acids is 1. The molecule has 1 heterocycles. The largest absolute Gasteiger partial charge is 0.496 e. The van der Waals surface area contributed by atoms with Gasteiger partial charge in [0.1, 0.15) is 5.75 Å². The number of aryl methyl sites for hydroxylation is 1. The maximum absolute atomic E-state index is 12.6. The molecule has 0 aromatic heterocycles. The predicted octanol–water partition coefficient (Wildman–Crippen LogP) is 2.38. The van der Waals surface area contributed by atoms with Crippen LogP contribution in [-0.4, -0.2) is 56.3 Å². The van der Waals surface area contributed by atoms with Crippen molar-refractivity contribution in [3.05, 3.63) is 29.3 Å². The minimum atomic E-state index is -0.0262. The molecule has 2 fully saturated rings. The lowest BCUT2D eigenvalue weighted by atomic mass is 9.89. The molecule has 1 saturated carbocycles. The summed E-state index contributed by atoms with van der Waals surface area (Å²) in [6.07, 6.45) is 4.38. The van der Waals surface area contributed by atoms with Gasteiger partial charge in [-0.25, -0.2) is 0 Å². The molecule has 0 spiro atoms. The highest BCUT2D eigenvalue weighted by molar-refractivity contribution is 5.97. The van der Waals surface area contributed by atoms with Gasteiger partial charge in [-0.1, -0.05) is 6.07 Å². The zero-order valence-corrected chi connectivity index (χ0v) is 14.7. The van der Waals surface area contributed by atoms with Gasteiger partial charge >= 0.3 is 0 Å². The van der Waals surface area contributed by atoms with Crippen LogP contribution in [0.2, 0.25) is 0 Å². The third-order valence-electron chi connectivity index (χ3n) is 5.20. The van der Waals surface area contributed by atoms with Gasteiger partial charge in [0.2, 0.25) is 0 Å². The van der Waals surface area contributed by atoms with Crippen LogP contribution in [-0.2, 0) is 4.74 Å². The molecule has 1 aromatic rings. The van der Waals surface area contributed by atoms with E-state index in [4.69, 9.17) is 9.47 Å². The summed E-state index contributed by atoms with van der Waals surface area (Å²) in [6.45, 7) is 5.79. The summed E-state index contributed by atoms with van der Waals surface area (Å²) in [6, 6.07) is 6.62. The summed E-state index contributed by atoms with van der Waals surface area (Å²) >= 11 is 0. The average molecular weight is 332 g/mol. The van der Waals surface area contributed by atoms with Crippen LogP contribution in [0.25, 0.3) is 0 Å². The third kappa shape index (κ3) is 4.08. The predicted molar refractivity (Wildman–Crippen MR) is 93.6 cm³/mol. The second kappa shape index (κ2) is 7.99. The first-order valence-corrected chi connectivity index (χ1v) is 8.94. The van der Waals surface area contributed by atoms with E-state index in [0.717, 1.165) is 57.6 Å². The van der Waals surface area contributed by atoms with E-state index < -0.39 is 0 Å². The molecule has 1 N–H and O–H groups in total. The molecule has 132 valence electrons. The highest BCUT2D eigenvalue weighted by Gasteiger charge is 2.28. The number of nitrogens with one attached hydrogen (secondary N) is 1. The van der Waals surface area contributed by atoms with Crippen molar-refractivity contribution in [2.75, 3.05) is 33.4 Å². The summed E-state index contributed by atoms with van der Waals surface area (Å²) in [5.74, 6) is 0.621. The summed E-state index contributed by atoms with van der Waals surface area (Å²) in [4.78, 5) is 15.1. The van der Waals surface area contributed by atoms with E-state index >= 15 is 0 Å². The highest BCUT2D eigenvalue weighted by Crippen LogP contribution is 2.25. The molecule has 24 heavy (non-hydrogen) atoms. The Kier molecular flexibility index (Phi) is 5.74. The van der Waals surface area contributed by atoms with Crippen molar-refractivity contribution in [1.29, 1.82) is 0 Å². The summed E-state index contributed by atoms with van der Waals surface area (Å²) < 4.78 is 10.8. The van der Waals surface area contributed by atoms with Crippen LogP contribution in [0.5, 0.6) is 5.75 Å². The van der Waals surface area contributed by atoms with E-state index in [1.807, 2.05) is 25.1 Å². The second-order valence-corrected chi connectivity index (χ2v) is 6.83. The van der Waals surface area contributed by atoms with Crippen molar-refractivity contribution in [3.8, 4) is 5.75 Å². The van der Waals surface area contributed by atoms with Crippen molar-refractivity contribution >= 4 is 5.91 Å². The van der Waals surface area contributed by atoms with Gasteiger partial charge < -0.3 is 14.8 Å². The first-order chi connectivity index (χ1) is 11.7. The number of carbonyl (C=O) groups is 1. The monoisotopic (exact) mass is 332 g/mol. The Morgan fingerprint density at radius 3 is 2.58 bits per heavy atom. The topological polar surface area (TPSA) is 50.8 Å². The number of methoxy groups -OCH3 is 1. The SMILES string of the molecule is COc1cc(C)ccc1C(=O)N[C@H]1CC[C@H](N2CCOCC2)CC1. The van der Waals surface area contributed by atoms with Crippen LogP contribution in [0.1, 0.15) is 41.6 Å². The van der Waals surface area contributed by atoms with Gasteiger partial charge in [-0.05, 0) is 50.3 Å². The van der Waals surface area contributed by atoms with Gasteiger partial charge in [-0.15, -0.1) is 0 Å². The number of hydrogen-bond acceptors (Lipinski definition) is 4. The minimum absolute atomic E-state index is 0.0262. The molecular weight excluding hydrogens is 304 g/mol. The first kappa shape index (κ1) is 17.2. The van der Waals surface area contributed by atoms with Gasteiger partial charge in [0, 0.05) is 25.2 Å². The zero-order chi connectivity index (χ0) is 16.9. The lowest BCUT2D eigenvalue weighted by Crippen LogP contribution is -2.47. The maximum Gasteiger partial charge on any atom is 0.255 e. The fourth-order valence-corrected chi connectivity index (χ4v) is 3.78. The van der Waals surface area contributed by atoms with Crippen LogP contribution in [0, 0.1) is 6.92 Å². The Morgan fingerprint density at radius 1 is 1.21 bits per heavy atom. The Balaban J connectivity index is 1.53. The van der Waals surface area contributed by atoms with E-state index in [2.05, 4.69) is 10.2 Å². The summed E-state index contributed by atoms with van der Waals surface area (Å²) in [5.41, 5.74) is 1.72. The van der Waals surface area contributed by atoms with Gasteiger partial charge in [-0.3, -0.25) is 9.69 Å². The molecule has 1 aromatic carbocycles. The fourth-order valence-electron chi connectivity index (χ4n) is 3.78. The third-order valence-corrected chi connectivity index (χ3v) is 5.20. The lowest BCUT2D eigenvalue weighted by Gasteiger charge is -2.38. The molecule has 2 aliphatic rings. The molecular formula is C19H28N2O3. The van der Waals surface area contributed by atoms with Gasteiger partial charge in [0.25, 0.3) is 5.91 Å². The molecule has 1 aliphatic heterocycles. The number of ether oxygens (including phenoxy) is 2. The van der Waals surface area contributed by atoms with Gasteiger partial charge in [0.05, 0.1) is 25.9 Å². The molecule has 1 saturated heterocycles. The van der Waals surface area contributed by atoms with Crippen LogP contribution in [0.15, 0.2) is 18.2 Å². The highest BCUT2D eigenvalue weighted by atomic mass is 16.5. The summed E-state index contributed by atoms with van der Waals surface area (Å²) in [7, 11) is 1.61. The molecule has 1 aliphatic carbocycles. The van der Waals surface area contributed by atoms with Crippen molar-refractivity contribution in [2.45, 2.75) is 44.7 Å². The molecule has 0 radical (unpaired) electrons. The quantitative estimate of drug-likeness (QED) is 0.920. The first-order valence-electron chi connectivity index (χ1n) is 8.94.